The molecular formula is C12H25N2P. The van der Waals surface area contributed by atoms with Crippen LogP contribution in [-0.4, -0.2) is 28.4 Å². The summed E-state index contributed by atoms with van der Waals surface area (Å²) in [7, 11) is 1.92. The number of hydrogen-bond donors (Lipinski definition) is 0. The van der Waals surface area contributed by atoms with Gasteiger partial charge < -0.3 is 0 Å². The van der Waals surface area contributed by atoms with Gasteiger partial charge in [-0.15, -0.1) is 0 Å². The third kappa shape index (κ3) is 2.53. The van der Waals surface area contributed by atoms with Crippen LogP contribution in [0.4, 0.5) is 0 Å². The summed E-state index contributed by atoms with van der Waals surface area (Å²) < 4.78 is 2.22. The van der Waals surface area contributed by atoms with Crippen molar-refractivity contribution >= 4 is 13.8 Å². The molecule has 0 aliphatic carbocycles. The molecule has 0 amide bonds. The van der Waals surface area contributed by atoms with Gasteiger partial charge in [-0.3, -0.25) is 4.78 Å². The Balaban J connectivity index is 3.07. The van der Waals surface area contributed by atoms with E-state index in [0.717, 1.165) is 0 Å². The van der Waals surface area contributed by atoms with Crippen LogP contribution in [0.2, 0.25) is 0 Å². The van der Waals surface area contributed by atoms with Crippen molar-refractivity contribution in [2.75, 3.05) is 7.05 Å². The van der Waals surface area contributed by atoms with Gasteiger partial charge in [0.1, 0.15) is 0 Å². The summed E-state index contributed by atoms with van der Waals surface area (Å²) in [5, 5.41) is 5.00. The molecule has 1 aliphatic heterocycles. The zero-order chi connectivity index (χ0) is 12.0. The van der Waals surface area contributed by atoms with Crippen molar-refractivity contribution in [3.63, 3.8) is 0 Å². The Morgan fingerprint density at radius 2 is 1.60 bits per heavy atom. The molecular weight excluding hydrogens is 203 g/mol. The zero-order valence-electron chi connectivity index (χ0n) is 11.4. The quantitative estimate of drug-likeness (QED) is 0.574. The maximum Gasteiger partial charge on any atom is 0.0449 e. The summed E-state index contributed by atoms with van der Waals surface area (Å²) in [4.78, 5) is 0. The van der Waals surface area contributed by atoms with Crippen LogP contribution in [0, 0.1) is 5.41 Å². The summed E-state index contributed by atoms with van der Waals surface area (Å²) in [6.07, 6.45) is 0. The second-order valence-corrected chi connectivity index (χ2v) is 9.64. The zero-order valence-corrected chi connectivity index (χ0v) is 12.3. The van der Waals surface area contributed by atoms with Gasteiger partial charge in [-0.1, -0.05) is 41.5 Å². The lowest BCUT2D eigenvalue weighted by Crippen LogP contribution is -2.35. The average molecular weight is 228 g/mol. The number of rotatable bonds is 0. The minimum Gasteiger partial charge on any atom is -0.278 e. The Hall–Kier alpha value is -0.100. The van der Waals surface area contributed by atoms with E-state index in [-0.39, 0.29) is 8.07 Å². The molecule has 1 rings (SSSR count). The minimum absolute atomic E-state index is 0.209. The normalized spacial score (nSPS) is 28.3. The van der Waals surface area contributed by atoms with Crippen LogP contribution in [0.3, 0.4) is 0 Å². The third-order valence-corrected chi connectivity index (χ3v) is 6.49. The fraction of sp³-hybridized carbons (Fsp3) is 0.917. The lowest BCUT2D eigenvalue weighted by molar-refractivity contribution is 0.434. The number of hydrogen-bond acceptors (Lipinski definition) is 2. The second-order valence-electron chi connectivity index (χ2n) is 6.51. The molecule has 1 heterocycles. The first-order valence-electron chi connectivity index (χ1n) is 5.63. The molecule has 0 saturated heterocycles. The Kier molecular flexibility index (Phi) is 3.23. The molecule has 2 unspecified atom stereocenters. The van der Waals surface area contributed by atoms with Crippen molar-refractivity contribution in [3.05, 3.63) is 0 Å². The molecule has 0 aromatic rings. The van der Waals surface area contributed by atoms with Crippen LogP contribution in [0.15, 0.2) is 5.10 Å². The summed E-state index contributed by atoms with van der Waals surface area (Å²) in [6.45, 7) is 16.2. The maximum atomic E-state index is 4.66. The van der Waals surface area contributed by atoms with Gasteiger partial charge in [-0.25, -0.2) is 0 Å². The molecule has 15 heavy (non-hydrogen) atoms. The first-order chi connectivity index (χ1) is 6.55. The smallest absolute Gasteiger partial charge is 0.0449 e. The van der Waals surface area contributed by atoms with Gasteiger partial charge in [-0.05, 0) is 12.3 Å². The topological polar surface area (TPSA) is 15.6 Å². The van der Waals surface area contributed by atoms with Crippen LogP contribution in [0.1, 0.15) is 48.5 Å². The van der Waals surface area contributed by atoms with Crippen LogP contribution in [-0.2, 0) is 0 Å². The third-order valence-electron chi connectivity index (χ3n) is 2.76. The van der Waals surface area contributed by atoms with E-state index in [0.29, 0.717) is 16.2 Å². The van der Waals surface area contributed by atoms with Gasteiger partial charge in [0.05, 0.1) is 0 Å². The van der Waals surface area contributed by atoms with E-state index in [1.807, 2.05) is 0 Å². The Morgan fingerprint density at radius 3 is 1.87 bits per heavy atom. The maximum absolute atomic E-state index is 4.66. The fourth-order valence-electron chi connectivity index (χ4n) is 2.49. The molecule has 0 aromatic heterocycles. The Labute approximate surface area is 95.9 Å². The van der Waals surface area contributed by atoms with Crippen molar-refractivity contribution in [2.45, 2.75) is 59.3 Å². The molecule has 0 spiro atoms. The lowest BCUT2D eigenvalue weighted by Gasteiger charge is -2.41. The van der Waals surface area contributed by atoms with E-state index >= 15 is 0 Å². The highest BCUT2D eigenvalue weighted by atomic mass is 31.1. The van der Waals surface area contributed by atoms with Crippen molar-refractivity contribution in [1.29, 1.82) is 0 Å². The van der Waals surface area contributed by atoms with Crippen LogP contribution < -0.4 is 0 Å². The van der Waals surface area contributed by atoms with Gasteiger partial charge in [0.25, 0.3) is 0 Å². The predicted molar refractivity (Wildman–Crippen MR) is 70.8 cm³/mol. The standard InChI is InChI=1S/C12H25N2P/c1-9-10(11(2,3)4)15(12(5,6)7)14(8)13-9/h10H,1-8H3. The molecule has 0 radical (unpaired) electrons. The van der Waals surface area contributed by atoms with Gasteiger partial charge in [0, 0.05) is 31.6 Å². The van der Waals surface area contributed by atoms with Gasteiger partial charge in [-0.2, -0.15) is 5.10 Å². The first-order valence-corrected chi connectivity index (χ1v) is 6.99. The van der Waals surface area contributed by atoms with Crippen LogP contribution >= 0.6 is 8.07 Å². The van der Waals surface area contributed by atoms with E-state index in [1.165, 1.54) is 5.71 Å². The van der Waals surface area contributed by atoms with Crippen molar-refractivity contribution < 1.29 is 0 Å². The molecule has 0 aromatic carbocycles. The SMILES string of the molecule is CC1=NN(C)P(C(C)(C)C)C1C(C)(C)C. The highest BCUT2D eigenvalue weighted by molar-refractivity contribution is 7.59. The van der Waals surface area contributed by atoms with Gasteiger partial charge >= 0.3 is 0 Å². The van der Waals surface area contributed by atoms with Crippen molar-refractivity contribution in [2.24, 2.45) is 10.5 Å². The van der Waals surface area contributed by atoms with Crippen molar-refractivity contribution in [3.8, 4) is 0 Å². The van der Waals surface area contributed by atoms with E-state index < -0.39 is 0 Å². The van der Waals surface area contributed by atoms with Gasteiger partial charge in [0.2, 0.25) is 0 Å². The van der Waals surface area contributed by atoms with E-state index in [9.17, 15) is 0 Å². The fourth-order valence-corrected chi connectivity index (χ4v) is 5.84. The highest BCUT2D eigenvalue weighted by Crippen LogP contribution is 2.63. The Bertz CT molecular complexity index is 270. The molecule has 0 bridgehead atoms. The molecule has 0 fully saturated rings. The molecule has 0 N–H and O–H groups in total. The number of hydrazone groups is 1. The van der Waals surface area contributed by atoms with Crippen LogP contribution in [0.25, 0.3) is 0 Å². The Morgan fingerprint density at radius 1 is 1.13 bits per heavy atom. The highest BCUT2D eigenvalue weighted by Gasteiger charge is 2.46. The van der Waals surface area contributed by atoms with E-state index in [1.54, 1.807) is 0 Å². The summed E-state index contributed by atoms with van der Waals surface area (Å²) in [5.41, 5.74) is 2.25. The first kappa shape index (κ1) is 13.0. The monoisotopic (exact) mass is 228 g/mol. The van der Waals surface area contributed by atoms with Crippen LogP contribution in [0.5, 0.6) is 0 Å². The molecule has 2 nitrogen and oxygen atoms in total. The minimum atomic E-state index is -0.209. The van der Waals surface area contributed by atoms with Gasteiger partial charge in [0.15, 0.2) is 0 Å². The molecule has 1 aliphatic rings. The average Bonchev–Trinajstić information content (AvgIpc) is 2.22. The molecule has 0 saturated carbocycles. The molecule has 2 atom stereocenters. The summed E-state index contributed by atoms with van der Waals surface area (Å²) in [6, 6.07) is 0. The predicted octanol–water partition coefficient (Wildman–Crippen LogP) is 3.92. The van der Waals surface area contributed by atoms with Crippen molar-refractivity contribution in [1.82, 2.24) is 4.78 Å². The lowest BCUT2D eigenvalue weighted by atomic mass is 9.89. The summed E-state index contributed by atoms with van der Waals surface area (Å²) in [5.74, 6) is 0. The second kappa shape index (κ2) is 3.73. The summed E-state index contributed by atoms with van der Waals surface area (Å²) >= 11 is 0. The van der Waals surface area contributed by atoms with E-state index in [2.05, 4.69) is 65.4 Å². The van der Waals surface area contributed by atoms with E-state index in [4.69, 9.17) is 0 Å². The largest absolute Gasteiger partial charge is 0.278 e. The molecule has 88 valence electrons. The molecule has 3 heteroatoms. The number of nitrogens with zero attached hydrogens (tertiary/aromatic N) is 2.